The first-order valence-corrected chi connectivity index (χ1v) is 5.29. The third-order valence-electron chi connectivity index (χ3n) is 2.06. The molecule has 0 saturated heterocycles. The fourth-order valence-corrected chi connectivity index (χ4v) is 1.99. The van der Waals surface area contributed by atoms with Crippen molar-refractivity contribution in [1.82, 2.24) is 9.55 Å². The molecule has 1 rings (SSSR count). The van der Waals surface area contributed by atoms with Crippen LogP contribution in [0.25, 0.3) is 0 Å². The lowest BCUT2D eigenvalue weighted by molar-refractivity contribution is -0.392. The highest BCUT2D eigenvalue weighted by Crippen LogP contribution is 2.31. The second kappa shape index (κ2) is 4.52. The number of aliphatic carboxylic acids is 1. The van der Waals surface area contributed by atoms with Crippen LogP contribution in [0.4, 0.5) is 5.82 Å². The highest BCUT2D eigenvalue weighted by Gasteiger charge is 2.27. The molecule has 0 aliphatic carbocycles. The van der Waals surface area contributed by atoms with Crippen LogP contribution in [-0.4, -0.2) is 30.8 Å². The lowest BCUT2D eigenvalue weighted by Crippen LogP contribution is -2.12. The van der Waals surface area contributed by atoms with Crippen molar-refractivity contribution in [2.24, 2.45) is 7.05 Å². The SMILES string of the molecule is Cc1nc([N+](=O)[O-])c(SC(C)C(=O)O)n1C. The Bertz CT molecular complexity index is 443. The maximum absolute atomic E-state index is 10.7. The van der Waals surface area contributed by atoms with Crippen LogP contribution in [0.3, 0.4) is 0 Å². The molecule has 8 heteroatoms. The maximum Gasteiger partial charge on any atom is 0.396 e. The first-order chi connectivity index (χ1) is 7.34. The summed E-state index contributed by atoms with van der Waals surface area (Å²) in [5.74, 6) is -0.831. The number of nitrogens with zero attached hydrogens (tertiary/aromatic N) is 3. The van der Waals surface area contributed by atoms with Gasteiger partial charge in [-0.2, -0.15) is 0 Å². The molecule has 1 N–H and O–H groups in total. The third-order valence-corrected chi connectivity index (χ3v) is 3.29. The quantitative estimate of drug-likeness (QED) is 0.486. The molecule has 1 heterocycles. The van der Waals surface area contributed by atoms with Gasteiger partial charge in [-0.05, 0) is 16.8 Å². The molecule has 0 aliphatic rings. The van der Waals surface area contributed by atoms with E-state index in [2.05, 4.69) is 4.98 Å². The molecule has 16 heavy (non-hydrogen) atoms. The summed E-state index contributed by atoms with van der Waals surface area (Å²) >= 11 is 0.913. The Balaban J connectivity index is 3.11. The first kappa shape index (κ1) is 12.5. The molecular weight excluding hydrogens is 234 g/mol. The van der Waals surface area contributed by atoms with Gasteiger partial charge in [-0.25, -0.2) is 0 Å². The van der Waals surface area contributed by atoms with Crippen LogP contribution in [-0.2, 0) is 11.8 Å². The second-order valence-corrected chi connectivity index (χ2v) is 4.53. The maximum atomic E-state index is 10.7. The van der Waals surface area contributed by atoms with Gasteiger partial charge in [0.2, 0.25) is 5.82 Å². The van der Waals surface area contributed by atoms with E-state index in [4.69, 9.17) is 5.11 Å². The number of aromatic nitrogens is 2. The van der Waals surface area contributed by atoms with Gasteiger partial charge in [0.15, 0.2) is 5.03 Å². The Morgan fingerprint density at radius 3 is 2.69 bits per heavy atom. The summed E-state index contributed by atoms with van der Waals surface area (Å²) in [6, 6.07) is 0. The lowest BCUT2D eigenvalue weighted by atomic mass is 10.5. The van der Waals surface area contributed by atoms with Crippen molar-refractivity contribution in [2.45, 2.75) is 24.1 Å². The van der Waals surface area contributed by atoms with Gasteiger partial charge in [-0.15, -0.1) is 0 Å². The lowest BCUT2D eigenvalue weighted by Gasteiger charge is -2.05. The number of carbonyl (C=O) groups is 1. The number of hydrogen-bond donors (Lipinski definition) is 1. The molecule has 0 amide bonds. The third kappa shape index (κ3) is 2.32. The smallest absolute Gasteiger partial charge is 0.396 e. The van der Waals surface area contributed by atoms with Gasteiger partial charge >= 0.3 is 11.8 Å². The number of thioether (sulfide) groups is 1. The fourth-order valence-electron chi connectivity index (χ4n) is 1.04. The number of imidazole rings is 1. The van der Waals surface area contributed by atoms with Gasteiger partial charge in [0, 0.05) is 14.0 Å². The van der Waals surface area contributed by atoms with Crippen molar-refractivity contribution in [3.63, 3.8) is 0 Å². The number of aryl methyl sites for hydroxylation is 1. The molecule has 88 valence electrons. The molecule has 0 saturated carbocycles. The summed E-state index contributed by atoms with van der Waals surface area (Å²) in [6.45, 7) is 3.10. The molecule has 1 aromatic rings. The van der Waals surface area contributed by atoms with Crippen molar-refractivity contribution >= 4 is 23.5 Å². The highest BCUT2D eigenvalue weighted by molar-refractivity contribution is 8.00. The predicted octanol–water partition coefficient (Wildman–Crippen LogP) is 1.20. The van der Waals surface area contributed by atoms with Gasteiger partial charge in [-0.1, -0.05) is 11.8 Å². The molecule has 0 aliphatic heterocycles. The van der Waals surface area contributed by atoms with E-state index >= 15 is 0 Å². The molecule has 0 bridgehead atoms. The molecular formula is C8H11N3O4S. The van der Waals surface area contributed by atoms with E-state index in [-0.39, 0.29) is 10.8 Å². The Hall–Kier alpha value is -1.57. The number of carboxylic acid groups (broad SMARTS) is 1. The predicted molar refractivity (Wildman–Crippen MR) is 57.6 cm³/mol. The normalized spacial score (nSPS) is 12.4. The average molecular weight is 245 g/mol. The van der Waals surface area contributed by atoms with E-state index < -0.39 is 16.1 Å². The van der Waals surface area contributed by atoms with Crippen molar-refractivity contribution in [3.05, 3.63) is 15.9 Å². The van der Waals surface area contributed by atoms with Crippen LogP contribution >= 0.6 is 11.8 Å². The molecule has 7 nitrogen and oxygen atoms in total. The zero-order chi connectivity index (χ0) is 12.5. The van der Waals surface area contributed by atoms with E-state index in [1.807, 2.05) is 0 Å². The summed E-state index contributed by atoms with van der Waals surface area (Å²) in [5, 5.41) is 19.0. The molecule has 0 spiro atoms. The van der Waals surface area contributed by atoms with Crippen LogP contribution in [0.1, 0.15) is 12.7 Å². The van der Waals surface area contributed by atoms with E-state index in [0.29, 0.717) is 5.82 Å². The summed E-state index contributed by atoms with van der Waals surface area (Å²) in [6.07, 6.45) is 0. The molecule has 1 atom stereocenters. The Morgan fingerprint density at radius 1 is 1.69 bits per heavy atom. The van der Waals surface area contributed by atoms with Gasteiger partial charge in [-0.3, -0.25) is 9.36 Å². The zero-order valence-corrected chi connectivity index (χ0v) is 9.82. The van der Waals surface area contributed by atoms with Gasteiger partial charge in [0.1, 0.15) is 5.25 Å². The number of carboxylic acids is 1. The largest absolute Gasteiger partial charge is 0.480 e. The monoisotopic (exact) mass is 245 g/mol. The molecule has 0 fully saturated rings. The molecule has 0 radical (unpaired) electrons. The summed E-state index contributed by atoms with van der Waals surface area (Å²) in [5.41, 5.74) is 0. The van der Waals surface area contributed by atoms with E-state index in [1.165, 1.54) is 11.5 Å². The van der Waals surface area contributed by atoms with Gasteiger partial charge in [0.05, 0.1) is 0 Å². The minimum Gasteiger partial charge on any atom is -0.480 e. The standard InChI is InChI=1S/C8H11N3O4S/c1-4(8(12)13)16-7-6(11(14)15)9-5(2)10(7)3/h4H,1-3H3,(H,12,13). The Labute approximate surface area is 95.6 Å². The zero-order valence-electron chi connectivity index (χ0n) is 9.00. The molecule has 1 aromatic heterocycles. The summed E-state index contributed by atoms with van der Waals surface area (Å²) < 4.78 is 1.52. The Morgan fingerprint density at radius 2 is 2.25 bits per heavy atom. The van der Waals surface area contributed by atoms with Crippen molar-refractivity contribution in [3.8, 4) is 0 Å². The molecule has 1 unspecified atom stereocenters. The number of nitro groups is 1. The first-order valence-electron chi connectivity index (χ1n) is 4.41. The van der Waals surface area contributed by atoms with Crippen molar-refractivity contribution in [2.75, 3.05) is 0 Å². The van der Waals surface area contributed by atoms with Gasteiger partial charge in [0.25, 0.3) is 0 Å². The highest BCUT2D eigenvalue weighted by atomic mass is 32.2. The number of rotatable bonds is 4. The minimum absolute atomic E-state index is 0.261. The topological polar surface area (TPSA) is 98.3 Å². The molecule has 0 aromatic carbocycles. The van der Waals surface area contributed by atoms with Gasteiger partial charge < -0.3 is 15.2 Å². The van der Waals surface area contributed by atoms with Crippen LogP contribution in [0, 0.1) is 17.0 Å². The van der Waals surface area contributed by atoms with Crippen LogP contribution in [0.5, 0.6) is 0 Å². The van der Waals surface area contributed by atoms with Crippen molar-refractivity contribution in [1.29, 1.82) is 0 Å². The summed E-state index contributed by atoms with van der Waals surface area (Å²) in [4.78, 5) is 24.6. The van der Waals surface area contributed by atoms with Crippen LogP contribution in [0.15, 0.2) is 5.03 Å². The van der Waals surface area contributed by atoms with Crippen molar-refractivity contribution < 1.29 is 14.8 Å². The number of hydrogen-bond acceptors (Lipinski definition) is 5. The van der Waals surface area contributed by atoms with Crippen LogP contribution < -0.4 is 0 Å². The van der Waals surface area contributed by atoms with Crippen LogP contribution in [0.2, 0.25) is 0 Å². The average Bonchev–Trinajstić information content (AvgIpc) is 2.45. The Kier molecular flexibility index (Phi) is 3.53. The fraction of sp³-hybridized carbons (Fsp3) is 0.500. The van der Waals surface area contributed by atoms with E-state index in [0.717, 1.165) is 11.8 Å². The van der Waals surface area contributed by atoms with E-state index in [1.54, 1.807) is 14.0 Å². The minimum atomic E-state index is -1.02. The second-order valence-electron chi connectivity index (χ2n) is 3.20. The van der Waals surface area contributed by atoms with E-state index in [9.17, 15) is 14.9 Å². The summed E-state index contributed by atoms with van der Waals surface area (Å²) in [7, 11) is 1.62.